The SMILES string of the molecule is O=C(CCCN1C(=O)C(=Cc2ccccc2)SC1=S)Nc1cccc2nonc12. The predicted molar refractivity (Wildman–Crippen MR) is 116 cm³/mol. The smallest absolute Gasteiger partial charge is 0.266 e. The Labute approximate surface area is 176 Å². The van der Waals surface area contributed by atoms with Gasteiger partial charge in [0.25, 0.3) is 5.91 Å². The second-order valence-corrected chi connectivity index (χ2v) is 8.01. The lowest BCUT2D eigenvalue weighted by Gasteiger charge is -2.14. The highest BCUT2D eigenvalue weighted by atomic mass is 32.2. The van der Waals surface area contributed by atoms with Crippen molar-refractivity contribution in [1.82, 2.24) is 15.2 Å². The van der Waals surface area contributed by atoms with Crippen molar-refractivity contribution in [2.45, 2.75) is 12.8 Å². The van der Waals surface area contributed by atoms with Gasteiger partial charge in [0.15, 0.2) is 5.52 Å². The molecule has 0 atom stereocenters. The topological polar surface area (TPSA) is 88.3 Å². The first kappa shape index (κ1) is 19.3. The molecule has 0 bridgehead atoms. The average molecular weight is 425 g/mol. The second kappa shape index (κ2) is 8.54. The highest BCUT2D eigenvalue weighted by Gasteiger charge is 2.31. The summed E-state index contributed by atoms with van der Waals surface area (Å²) in [6, 6.07) is 14.9. The van der Waals surface area contributed by atoms with E-state index in [-0.39, 0.29) is 18.2 Å². The van der Waals surface area contributed by atoms with Gasteiger partial charge in [-0.2, -0.15) is 0 Å². The lowest BCUT2D eigenvalue weighted by molar-refractivity contribution is -0.122. The van der Waals surface area contributed by atoms with Crippen LogP contribution in [0.4, 0.5) is 5.69 Å². The lowest BCUT2D eigenvalue weighted by atomic mass is 10.2. The highest BCUT2D eigenvalue weighted by Crippen LogP contribution is 2.32. The summed E-state index contributed by atoms with van der Waals surface area (Å²) in [5, 5.41) is 10.4. The zero-order valence-electron chi connectivity index (χ0n) is 15.2. The number of benzene rings is 2. The van der Waals surface area contributed by atoms with E-state index in [1.165, 1.54) is 11.8 Å². The van der Waals surface area contributed by atoms with Crippen molar-refractivity contribution in [2.24, 2.45) is 0 Å². The number of fused-ring (bicyclic) bond motifs is 1. The fourth-order valence-electron chi connectivity index (χ4n) is 2.91. The third-order valence-corrected chi connectivity index (χ3v) is 5.69. The number of anilines is 1. The van der Waals surface area contributed by atoms with Gasteiger partial charge in [0.1, 0.15) is 9.84 Å². The number of nitrogens with zero attached hydrogens (tertiary/aromatic N) is 3. The second-order valence-electron chi connectivity index (χ2n) is 6.33. The maximum absolute atomic E-state index is 12.6. The van der Waals surface area contributed by atoms with Crippen molar-refractivity contribution in [1.29, 1.82) is 0 Å². The fraction of sp³-hybridized carbons (Fsp3) is 0.150. The van der Waals surface area contributed by atoms with Crippen LogP contribution < -0.4 is 5.32 Å². The summed E-state index contributed by atoms with van der Waals surface area (Å²) < 4.78 is 5.20. The molecule has 0 spiro atoms. The number of amides is 2. The van der Waals surface area contributed by atoms with Gasteiger partial charge in [-0.05, 0) is 40.5 Å². The third-order valence-electron chi connectivity index (χ3n) is 4.32. The summed E-state index contributed by atoms with van der Waals surface area (Å²) in [6.07, 6.45) is 2.57. The van der Waals surface area contributed by atoms with E-state index in [2.05, 4.69) is 15.6 Å². The van der Waals surface area contributed by atoms with Crippen LogP contribution in [0.3, 0.4) is 0 Å². The Morgan fingerprint density at radius 3 is 2.83 bits per heavy atom. The van der Waals surface area contributed by atoms with E-state index in [9.17, 15) is 9.59 Å². The molecule has 9 heteroatoms. The Kier molecular flexibility index (Phi) is 5.68. The van der Waals surface area contributed by atoms with Gasteiger partial charge in [-0.15, -0.1) is 0 Å². The van der Waals surface area contributed by atoms with Gasteiger partial charge >= 0.3 is 0 Å². The maximum Gasteiger partial charge on any atom is 0.266 e. The third kappa shape index (κ3) is 4.36. The van der Waals surface area contributed by atoms with Gasteiger partial charge in [0.2, 0.25) is 5.91 Å². The van der Waals surface area contributed by atoms with Gasteiger partial charge in [-0.25, -0.2) is 4.63 Å². The van der Waals surface area contributed by atoms with Crippen molar-refractivity contribution in [3.8, 4) is 0 Å². The monoisotopic (exact) mass is 424 g/mol. The Morgan fingerprint density at radius 1 is 1.17 bits per heavy atom. The fourth-order valence-corrected chi connectivity index (χ4v) is 4.22. The first-order valence-corrected chi connectivity index (χ1v) is 10.2. The largest absolute Gasteiger partial charge is 0.324 e. The number of hydrogen-bond acceptors (Lipinski definition) is 7. The van der Waals surface area contributed by atoms with Crippen LogP contribution in [0.15, 0.2) is 58.1 Å². The van der Waals surface area contributed by atoms with Gasteiger partial charge < -0.3 is 5.32 Å². The molecule has 1 aliphatic rings. The standard InChI is InChI=1S/C20H16N4O3S2/c25-17(21-14-8-4-9-15-18(14)23-27-22-15)10-5-11-24-19(26)16(29-20(24)28)12-13-6-2-1-3-7-13/h1-4,6-9,12H,5,10-11H2,(H,21,25). The van der Waals surface area contributed by atoms with Crippen LogP contribution in [0.2, 0.25) is 0 Å². The molecule has 3 aromatic rings. The zero-order valence-corrected chi connectivity index (χ0v) is 16.8. The number of hydrogen-bond donors (Lipinski definition) is 1. The molecule has 0 unspecified atom stereocenters. The summed E-state index contributed by atoms with van der Waals surface area (Å²) in [6.45, 7) is 0.389. The Bertz CT molecular complexity index is 1110. The molecule has 1 saturated heterocycles. The molecule has 0 radical (unpaired) electrons. The molecule has 2 aromatic carbocycles. The van der Waals surface area contributed by atoms with Crippen LogP contribution in [0.1, 0.15) is 18.4 Å². The lowest BCUT2D eigenvalue weighted by Crippen LogP contribution is -2.29. The highest BCUT2D eigenvalue weighted by molar-refractivity contribution is 8.26. The molecule has 2 amide bonds. The quantitative estimate of drug-likeness (QED) is 0.475. The van der Waals surface area contributed by atoms with Crippen molar-refractivity contribution in [3.63, 3.8) is 0 Å². The molecule has 4 rings (SSSR count). The van der Waals surface area contributed by atoms with Crippen LogP contribution in [0.5, 0.6) is 0 Å². The van der Waals surface area contributed by atoms with Crippen molar-refractivity contribution in [3.05, 3.63) is 59.0 Å². The molecule has 7 nitrogen and oxygen atoms in total. The van der Waals surface area contributed by atoms with Gasteiger partial charge in [-0.3, -0.25) is 14.5 Å². The van der Waals surface area contributed by atoms with Crippen LogP contribution >= 0.6 is 24.0 Å². The molecule has 0 saturated carbocycles. The van der Waals surface area contributed by atoms with Gasteiger partial charge in [0.05, 0.1) is 10.6 Å². The first-order valence-electron chi connectivity index (χ1n) is 8.93. The Hall–Kier alpha value is -3.04. The van der Waals surface area contributed by atoms with Gasteiger partial charge in [-0.1, -0.05) is 60.4 Å². The molecule has 2 heterocycles. The summed E-state index contributed by atoms with van der Waals surface area (Å²) in [7, 11) is 0. The minimum Gasteiger partial charge on any atom is -0.324 e. The van der Waals surface area contributed by atoms with Crippen LogP contribution in [0, 0.1) is 0 Å². The zero-order chi connectivity index (χ0) is 20.2. The average Bonchev–Trinajstić information content (AvgIpc) is 3.30. The van der Waals surface area contributed by atoms with E-state index in [1.807, 2.05) is 36.4 Å². The van der Waals surface area contributed by atoms with E-state index in [4.69, 9.17) is 16.8 Å². The minimum absolute atomic E-state index is 0.122. The van der Waals surface area contributed by atoms with Crippen molar-refractivity contribution < 1.29 is 14.2 Å². The molecular weight excluding hydrogens is 408 g/mol. The van der Waals surface area contributed by atoms with Crippen LogP contribution in [-0.4, -0.2) is 37.9 Å². The van der Waals surface area contributed by atoms with E-state index in [0.717, 1.165) is 5.56 Å². The summed E-state index contributed by atoms with van der Waals surface area (Å²) >= 11 is 6.62. The predicted octanol–water partition coefficient (Wildman–Crippen LogP) is 3.84. The number of thioether (sulfide) groups is 1. The van der Waals surface area contributed by atoms with Gasteiger partial charge in [0, 0.05) is 13.0 Å². The van der Waals surface area contributed by atoms with Crippen LogP contribution in [0.25, 0.3) is 17.1 Å². The summed E-state index contributed by atoms with van der Waals surface area (Å²) in [5.41, 5.74) is 2.57. The molecule has 146 valence electrons. The molecule has 0 aliphatic carbocycles. The Balaban J connectivity index is 1.33. The molecule has 1 N–H and O–H groups in total. The summed E-state index contributed by atoms with van der Waals surface area (Å²) in [5.74, 6) is -0.298. The Morgan fingerprint density at radius 2 is 2.00 bits per heavy atom. The van der Waals surface area contributed by atoms with Crippen molar-refractivity contribution in [2.75, 3.05) is 11.9 Å². The molecule has 1 aromatic heterocycles. The number of carbonyl (C=O) groups is 2. The van der Waals surface area contributed by atoms with Crippen molar-refractivity contribution >= 4 is 62.9 Å². The maximum atomic E-state index is 12.6. The van der Waals surface area contributed by atoms with Crippen LogP contribution in [-0.2, 0) is 9.59 Å². The minimum atomic E-state index is -0.175. The first-order chi connectivity index (χ1) is 14.1. The molecular formula is C20H16N4O3S2. The summed E-state index contributed by atoms with van der Waals surface area (Å²) in [4.78, 5) is 27.0. The molecule has 1 aliphatic heterocycles. The molecule has 1 fully saturated rings. The van der Waals surface area contributed by atoms with E-state index in [1.54, 1.807) is 23.1 Å². The number of thiocarbonyl (C=S) groups is 1. The van der Waals surface area contributed by atoms with E-state index >= 15 is 0 Å². The van der Waals surface area contributed by atoms with E-state index in [0.29, 0.717) is 38.9 Å². The van der Waals surface area contributed by atoms with E-state index < -0.39 is 0 Å². The number of nitrogens with one attached hydrogen (secondary N) is 1. The number of aromatic nitrogens is 2. The number of rotatable bonds is 6. The number of carbonyl (C=O) groups excluding carboxylic acids is 2. The molecule has 29 heavy (non-hydrogen) atoms. The normalized spacial score (nSPS) is 15.4.